The van der Waals surface area contributed by atoms with E-state index in [1.807, 2.05) is 17.0 Å². The van der Waals surface area contributed by atoms with E-state index < -0.39 is 0 Å². The lowest BCUT2D eigenvalue weighted by molar-refractivity contribution is 0.133. The fourth-order valence-corrected chi connectivity index (χ4v) is 5.24. The molecule has 0 radical (unpaired) electrons. The number of amides is 2. The summed E-state index contributed by atoms with van der Waals surface area (Å²) in [6.07, 6.45) is 7.55. The van der Waals surface area contributed by atoms with Gasteiger partial charge in [0.15, 0.2) is 0 Å². The van der Waals surface area contributed by atoms with Crippen molar-refractivity contribution in [3.63, 3.8) is 0 Å². The van der Waals surface area contributed by atoms with Crippen molar-refractivity contribution >= 4 is 17.4 Å². The summed E-state index contributed by atoms with van der Waals surface area (Å²) in [5.41, 5.74) is 6.53. The minimum absolute atomic E-state index is 0.00640. The van der Waals surface area contributed by atoms with Gasteiger partial charge in [-0.3, -0.25) is 4.90 Å². The van der Waals surface area contributed by atoms with Crippen LogP contribution in [0.15, 0.2) is 42.5 Å². The van der Waals surface area contributed by atoms with Gasteiger partial charge in [-0.1, -0.05) is 31.5 Å². The molecule has 0 spiro atoms. The standard InChI is InChI=1S/C27H36N4O/c1-2-21-6-9-24(10-7-21)28-27(32)31-18-16-30(17-19-31)26-11-8-22-12-14-29(25-4-3-5-25)15-13-23(22)20-26/h6-11,20,25H,2-5,12-19H2,1H3,(H,28,32). The molecule has 1 N–H and O–H groups in total. The molecule has 0 atom stereocenters. The lowest BCUT2D eigenvalue weighted by atomic mass is 9.91. The van der Waals surface area contributed by atoms with Crippen molar-refractivity contribution in [3.05, 3.63) is 59.2 Å². The molecule has 0 aromatic heterocycles. The van der Waals surface area contributed by atoms with Crippen molar-refractivity contribution in [2.75, 3.05) is 49.5 Å². The SMILES string of the molecule is CCc1ccc(NC(=O)N2CCN(c3ccc4c(c3)CCN(C3CCC3)CC4)CC2)cc1. The summed E-state index contributed by atoms with van der Waals surface area (Å²) in [6.45, 7) is 7.84. The molecule has 170 valence electrons. The molecule has 2 aliphatic heterocycles. The number of hydrogen-bond acceptors (Lipinski definition) is 3. The van der Waals surface area contributed by atoms with Crippen molar-refractivity contribution in [2.45, 2.75) is 51.5 Å². The van der Waals surface area contributed by atoms with Crippen molar-refractivity contribution in [3.8, 4) is 0 Å². The highest BCUT2D eigenvalue weighted by atomic mass is 16.2. The monoisotopic (exact) mass is 432 g/mol. The molecule has 0 bridgehead atoms. The maximum atomic E-state index is 12.7. The third-order valence-electron chi connectivity index (χ3n) is 7.66. The van der Waals surface area contributed by atoms with Gasteiger partial charge in [-0.05, 0) is 73.1 Å². The normalized spacial score (nSPS) is 19.8. The highest BCUT2D eigenvalue weighted by Gasteiger charge is 2.27. The quantitative estimate of drug-likeness (QED) is 0.770. The van der Waals surface area contributed by atoms with E-state index in [9.17, 15) is 4.79 Å². The predicted molar refractivity (Wildman–Crippen MR) is 132 cm³/mol. The summed E-state index contributed by atoms with van der Waals surface area (Å²) in [5.74, 6) is 0. The number of anilines is 2. The molecular weight excluding hydrogens is 396 g/mol. The number of urea groups is 1. The smallest absolute Gasteiger partial charge is 0.321 e. The molecule has 2 amide bonds. The fraction of sp³-hybridized carbons (Fsp3) is 0.519. The van der Waals surface area contributed by atoms with Crippen LogP contribution >= 0.6 is 0 Å². The molecule has 32 heavy (non-hydrogen) atoms. The molecule has 2 fully saturated rings. The summed E-state index contributed by atoms with van der Waals surface area (Å²) in [6, 6.07) is 16.1. The highest BCUT2D eigenvalue weighted by Crippen LogP contribution is 2.29. The van der Waals surface area contributed by atoms with Crippen LogP contribution in [-0.2, 0) is 19.3 Å². The molecule has 2 heterocycles. The van der Waals surface area contributed by atoms with Crippen LogP contribution in [0.3, 0.4) is 0 Å². The van der Waals surface area contributed by atoms with E-state index in [0.29, 0.717) is 0 Å². The van der Waals surface area contributed by atoms with Gasteiger partial charge < -0.3 is 15.1 Å². The molecular formula is C27H36N4O. The second kappa shape index (κ2) is 9.53. The number of nitrogens with zero attached hydrogens (tertiary/aromatic N) is 3. The van der Waals surface area contributed by atoms with Gasteiger partial charge in [0, 0.05) is 56.7 Å². The number of carbonyl (C=O) groups is 1. The Bertz CT molecular complexity index is 929. The first kappa shape index (κ1) is 21.3. The van der Waals surface area contributed by atoms with E-state index in [-0.39, 0.29) is 6.03 Å². The number of benzene rings is 2. The van der Waals surface area contributed by atoms with Gasteiger partial charge in [0.1, 0.15) is 0 Å². The van der Waals surface area contributed by atoms with Gasteiger partial charge in [0.05, 0.1) is 0 Å². The number of aryl methyl sites for hydroxylation is 1. The van der Waals surface area contributed by atoms with Gasteiger partial charge in [-0.2, -0.15) is 0 Å². The Kier molecular flexibility index (Phi) is 6.35. The van der Waals surface area contributed by atoms with Crippen LogP contribution < -0.4 is 10.2 Å². The predicted octanol–water partition coefficient (Wildman–Crippen LogP) is 4.56. The van der Waals surface area contributed by atoms with E-state index in [0.717, 1.165) is 44.3 Å². The molecule has 5 nitrogen and oxygen atoms in total. The van der Waals surface area contributed by atoms with Crippen LogP contribution in [0.1, 0.15) is 42.9 Å². The lowest BCUT2D eigenvalue weighted by Crippen LogP contribution is -2.50. The van der Waals surface area contributed by atoms with Crippen molar-refractivity contribution in [1.82, 2.24) is 9.80 Å². The summed E-state index contributed by atoms with van der Waals surface area (Å²) >= 11 is 0. The van der Waals surface area contributed by atoms with E-state index in [1.54, 1.807) is 0 Å². The third kappa shape index (κ3) is 4.63. The van der Waals surface area contributed by atoms with Crippen LogP contribution in [0.5, 0.6) is 0 Å². The highest BCUT2D eigenvalue weighted by molar-refractivity contribution is 5.89. The van der Waals surface area contributed by atoms with Crippen LogP contribution in [0.25, 0.3) is 0 Å². The Balaban J connectivity index is 1.16. The molecule has 5 heteroatoms. The molecule has 1 saturated carbocycles. The second-order valence-corrected chi connectivity index (χ2v) is 9.53. The van der Waals surface area contributed by atoms with E-state index >= 15 is 0 Å². The number of nitrogens with one attached hydrogen (secondary N) is 1. The average Bonchev–Trinajstić information content (AvgIpc) is 3.01. The topological polar surface area (TPSA) is 38.8 Å². The molecule has 3 aliphatic rings. The zero-order chi connectivity index (χ0) is 21.9. The summed E-state index contributed by atoms with van der Waals surface area (Å²) < 4.78 is 0. The Hall–Kier alpha value is -2.53. The van der Waals surface area contributed by atoms with Gasteiger partial charge in [0.25, 0.3) is 0 Å². The average molecular weight is 433 g/mol. The van der Waals surface area contributed by atoms with Gasteiger partial charge in [-0.15, -0.1) is 0 Å². The summed E-state index contributed by atoms with van der Waals surface area (Å²) in [7, 11) is 0. The zero-order valence-electron chi connectivity index (χ0n) is 19.4. The fourth-order valence-electron chi connectivity index (χ4n) is 5.24. The Morgan fingerprint density at radius 1 is 0.906 bits per heavy atom. The van der Waals surface area contributed by atoms with Crippen molar-refractivity contribution in [1.29, 1.82) is 0 Å². The largest absolute Gasteiger partial charge is 0.368 e. The first-order chi connectivity index (χ1) is 15.7. The number of hydrogen-bond donors (Lipinski definition) is 1. The molecule has 2 aromatic rings. The van der Waals surface area contributed by atoms with Gasteiger partial charge in [-0.25, -0.2) is 4.79 Å². The number of fused-ring (bicyclic) bond motifs is 1. The maximum Gasteiger partial charge on any atom is 0.321 e. The number of rotatable bonds is 4. The second-order valence-electron chi connectivity index (χ2n) is 9.53. The number of piperazine rings is 1. The van der Waals surface area contributed by atoms with Crippen LogP contribution in [0.4, 0.5) is 16.2 Å². The van der Waals surface area contributed by atoms with Gasteiger partial charge in [0.2, 0.25) is 0 Å². The first-order valence-corrected chi connectivity index (χ1v) is 12.5. The van der Waals surface area contributed by atoms with E-state index in [4.69, 9.17) is 0 Å². The third-order valence-corrected chi connectivity index (χ3v) is 7.66. The van der Waals surface area contributed by atoms with Crippen LogP contribution in [0, 0.1) is 0 Å². The van der Waals surface area contributed by atoms with Crippen LogP contribution in [0.2, 0.25) is 0 Å². The minimum atomic E-state index is 0.00640. The molecule has 5 rings (SSSR count). The van der Waals surface area contributed by atoms with Crippen molar-refractivity contribution in [2.24, 2.45) is 0 Å². The molecule has 0 unspecified atom stereocenters. The minimum Gasteiger partial charge on any atom is -0.368 e. The van der Waals surface area contributed by atoms with E-state index in [1.165, 1.54) is 67.6 Å². The Morgan fingerprint density at radius 3 is 2.28 bits per heavy atom. The summed E-state index contributed by atoms with van der Waals surface area (Å²) in [4.78, 5) is 19.8. The molecule has 1 aliphatic carbocycles. The Labute approximate surface area is 192 Å². The summed E-state index contributed by atoms with van der Waals surface area (Å²) in [5, 5.41) is 3.05. The van der Waals surface area contributed by atoms with Gasteiger partial charge >= 0.3 is 6.03 Å². The van der Waals surface area contributed by atoms with E-state index in [2.05, 4.69) is 52.4 Å². The first-order valence-electron chi connectivity index (χ1n) is 12.5. The zero-order valence-corrected chi connectivity index (χ0v) is 19.4. The molecule has 2 aromatic carbocycles. The molecule has 1 saturated heterocycles. The number of carbonyl (C=O) groups excluding carboxylic acids is 1. The Morgan fingerprint density at radius 2 is 1.62 bits per heavy atom. The lowest BCUT2D eigenvalue weighted by Gasteiger charge is -2.36. The maximum absolute atomic E-state index is 12.7. The van der Waals surface area contributed by atoms with Crippen LogP contribution in [-0.4, -0.2) is 61.1 Å². The van der Waals surface area contributed by atoms with Crippen molar-refractivity contribution < 1.29 is 4.79 Å².